The SMILES string of the molecule is Cc1ccc(C#N)c(NC2(CO)CCCCC2)c1. The van der Waals surface area contributed by atoms with Gasteiger partial charge in [0.05, 0.1) is 23.4 Å². The summed E-state index contributed by atoms with van der Waals surface area (Å²) in [4.78, 5) is 0. The van der Waals surface area contributed by atoms with Crippen LogP contribution in [0.4, 0.5) is 5.69 Å². The van der Waals surface area contributed by atoms with Crippen LogP contribution in [0.15, 0.2) is 18.2 Å². The second kappa shape index (κ2) is 5.41. The van der Waals surface area contributed by atoms with Gasteiger partial charge in [-0.05, 0) is 37.5 Å². The van der Waals surface area contributed by atoms with E-state index in [1.54, 1.807) is 0 Å². The fourth-order valence-electron chi connectivity index (χ4n) is 2.70. The highest BCUT2D eigenvalue weighted by atomic mass is 16.3. The quantitative estimate of drug-likeness (QED) is 0.859. The number of nitriles is 1. The smallest absolute Gasteiger partial charge is 0.101 e. The Labute approximate surface area is 108 Å². The van der Waals surface area contributed by atoms with Crippen LogP contribution in [-0.2, 0) is 0 Å². The first kappa shape index (κ1) is 12.9. The highest BCUT2D eigenvalue weighted by Crippen LogP contribution is 2.32. The molecular formula is C15H20N2O. The Morgan fingerprint density at radius 2 is 2.06 bits per heavy atom. The van der Waals surface area contributed by atoms with Crippen molar-refractivity contribution >= 4 is 5.69 Å². The average molecular weight is 244 g/mol. The number of hydrogen-bond acceptors (Lipinski definition) is 3. The fraction of sp³-hybridized carbons (Fsp3) is 0.533. The van der Waals surface area contributed by atoms with E-state index < -0.39 is 0 Å². The molecule has 1 aliphatic rings. The highest BCUT2D eigenvalue weighted by Gasteiger charge is 2.31. The molecule has 1 fully saturated rings. The van der Waals surface area contributed by atoms with Gasteiger partial charge in [0.15, 0.2) is 0 Å². The minimum Gasteiger partial charge on any atom is -0.394 e. The summed E-state index contributed by atoms with van der Waals surface area (Å²) >= 11 is 0. The topological polar surface area (TPSA) is 56.0 Å². The molecule has 0 unspecified atom stereocenters. The molecule has 0 radical (unpaired) electrons. The molecule has 1 saturated carbocycles. The van der Waals surface area contributed by atoms with Crippen molar-refractivity contribution in [3.8, 4) is 6.07 Å². The van der Waals surface area contributed by atoms with Crippen LogP contribution in [0.5, 0.6) is 0 Å². The monoisotopic (exact) mass is 244 g/mol. The van der Waals surface area contributed by atoms with Crippen LogP contribution in [0.2, 0.25) is 0 Å². The molecule has 0 spiro atoms. The summed E-state index contributed by atoms with van der Waals surface area (Å²) in [5.41, 5.74) is 2.39. The van der Waals surface area contributed by atoms with E-state index in [-0.39, 0.29) is 12.1 Å². The highest BCUT2D eigenvalue weighted by molar-refractivity contribution is 5.60. The first-order chi connectivity index (χ1) is 8.69. The molecule has 96 valence electrons. The van der Waals surface area contributed by atoms with Crippen molar-refractivity contribution in [1.29, 1.82) is 5.26 Å². The predicted octanol–water partition coefficient (Wildman–Crippen LogP) is 2.97. The largest absolute Gasteiger partial charge is 0.394 e. The second-order valence-electron chi connectivity index (χ2n) is 5.28. The van der Waals surface area contributed by atoms with Gasteiger partial charge >= 0.3 is 0 Å². The molecule has 0 aliphatic heterocycles. The van der Waals surface area contributed by atoms with Crippen LogP contribution < -0.4 is 5.32 Å². The number of benzene rings is 1. The molecule has 0 aromatic heterocycles. The number of hydrogen-bond donors (Lipinski definition) is 2. The maximum absolute atomic E-state index is 9.69. The summed E-state index contributed by atoms with van der Waals surface area (Å²) in [6.45, 7) is 2.14. The molecule has 3 heteroatoms. The number of aryl methyl sites for hydroxylation is 1. The molecule has 2 N–H and O–H groups in total. The Morgan fingerprint density at radius 1 is 1.33 bits per heavy atom. The van der Waals surface area contributed by atoms with E-state index in [2.05, 4.69) is 11.4 Å². The van der Waals surface area contributed by atoms with E-state index in [4.69, 9.17) is 5.26 Å². The maximum atomic E-state index is 9.69. The molecule has 0 atom stereocenters. The number of nitrogens with one attached hydrogen (secondary N) is 1. The molecule has 1 aliphatic carbocycles. The Bertz CT molecular complexity index is 456. The number of nitrogens with zero attached hydrogens (tertiary/aromatic N) is 1. The van der Waals surface area contributed by atoms with Crippen molar-refractivity contribution in [1.82, 2.24) is 0 Å². The Balaban J connectivity index is 2.26. The summed E-state index contributed by atoms with van der Waals surface area (Å²) in [5, 5.41) is 22.3. The zero-order chi connectivity index (χ0) is 13.0. The van der Waals surface area contributed by atoms with Gasteiger partial charge in [0.1, 0.15) is 6.07 Å². The van der Waals surface area contributed by atoms with E-state index >= 15 is 0 Å². The van der Waals surface area contributed by atoms with Gasteiger partial charge < -0.3 is 10.4 Å². The Morgan fingerprint density at radius 3 is 2.67 bits per heavy atom. The number of aliphatic hydroxyl groups is 1. The van der Waals surface area contributed by atoms with Crippen LogP contribution in [0.1, 0.15) is 43.2 Å². The minimum atomic E-state index is -0.238. The van der Waals surface area contributed by atoms with Gasteiger partial charge in [0.2, 0.25) is 0 Å². The van der Waals surface area contributed by atoms with Gasteiger partial charge in [-0.1, -0.05) is 25.3 Å². The number of aliphatic hydroxyl groups excluding tert-OH is 1. The van der Waals surface area contributed by atoms with Gasteiger partial charge in [-0.2, -0.15) is 5.26 Å². The second-order valence-corrected chi connectivity index (χ2v) is 5.28. The van der Waals surface area contributed by atoms with Crippen molar-refractivity contribution in [3.05, 3.63) is 29.3 Å². The van der Waals surface area contributed by atoms with Crippen LogP contribution in [0, 0.1) is 18.3 Å². The molecule has 1 aromatic carbocycles. The Hall–Kier alpha value is -1.53. The van der Waals surface area contributed by atoms with Crippen molar-refractivity contribution < 1.29 is 5.11 Å². The maximum Gasteiger partial charge on any atom is 0.101 e. The molecule has 3 nitrogen and oxygen atoms in total. The number of anilines is 1. The van der Waals surface area contributed by atoms with Crippen molar-refractivity contribution in [2.45, 2.75) is 44.6 Å². The summed E-state index contributed by atoms with van der Waals surface area (Å²) in [6.07, 6.45) is 5.47. The molecule has 2 rings (SSSR count). The van der Waals surface area contributed by atoms with Crippen LogP contribution in [0.25, 0.3) is 0 Å². The predicted molar refractivity (Wildman–Crippen MR) is 72.4 cm³/mol. The first-order valence-electron chi connectivity index (χ1n) is 6.59. The summed E-state index contributed by atoms with van der Waals surface area (Å²) in [6, 6.07) is 7.98. The van der Waals surface area contributed by atoms with E-state index in [0.717, 1.165) is 36.9 Å². The normalized spacial score (nSPS) is 18.1. The van der Waals surface area contributed by atoms with Crippen molar-refractivity contribution in [2.75, 3.05) is 11.9 Å². The summed E-state index contributed by atoms with van der Waals surface area (Å²) < 4.78 is 0. The molecule has 18 heavy (non-hydrogen) atoms. The lowest BCUT2D eigenvalue weighted by molar-refractivity contribution is 0.173. The lowest BCUT2D eigenvalue weighted by Crippen LogP contribution is -2.44. The number of rotatable bonds is 3. The van der Waals surface area contributed by atoms with Gasteiger partial charge in [0, 0.05) is 0 Å². The molecule has 0 saturated heterocycles. The Kier molecular flexibility index (Phi) is 3.88. The third-order valence-electron chi connectivity index (χ3n) is 3.81. The zero-order valence-electron chi connectivity index (χ0n) is 10.9. The van der Waals surface area contributed by atoms with Crippen LogP contribution >= 0.6 is 0 Å². The van der Waals surface area contributed by atoms with Crippen LogP contribution in [-0.4, -0.2) is 17.3 Å². The average Bonchev–Trinajstić information content (AvgIpc) is 2.40. The van der Waals surface area contributed by atoms with E-state index in [1.807, 2.05) is 25.1 Å². The summed E-state index contributed by atoms with van der Waals surface area (Å²) in [7, 11) is 0. The first-order valence-corrected chi connectivity index (χ1v) is 6.59. The van der Waals surface area contributed by atoms with E-state index in [1.165, 1.54) is 6.42 Å². The fourth-order valence-corrected chi connectivity index (χ4v) is 2.70. The van der Waals surface area contributed by atoms with Crippen molar-refractivity contribution in [2.24, 2.45) is 0 Å². The van der Waals surface area contributed by atoms with Crippen molar-refractivity contribution in [3.63, 3.8) is 0 Å². The summed E-state index contributed by atoms with van der Waals surface area (Å²) in [5.74, 6) is 0. The van der Waals surface area contributed by atoms with E-state index in [9.17, 15) is 5.11 Å². The third-order valence-corrected chi connectivity index (χ3v) is 3.81. The van der Waals surface area contributed by atoms with Gasteiger partial charge in [-0.25, -0.2) is 0 Å². The van der Waals surface area contributed by atoms with Crippen LogP contribution in [0.3, 0.4) is 0 Å². The zero-order valence-corrected chi connectivity index (χ0v) is 10.9. The molecule has 0 heterocycles. The lowest BCUT2D eigenvalue weighted by atomic mass is 9.82. The third kappa shape index (κ3) is 2.65. The lowest BCUT2D eigenvalue weighted by Gasteiger charge is -2.37. The molecular weight excluding hydrogens is 224 g/mol. The van der Waals surface area contributed by atoms with Gasteiger partial charge in [-0.15, -0.1) is 0 Å². The minimum absolute atomic E-state index is 0.131. The molecule has 0 bridgehead atoms. The van der Waals surface area contributed by atoms with E-state index in [0.29, 0.717) is 5.56 Å². The standard InChI is InChI=1S/C15H20N2O/c1-12-5-6-13(10-16)14(9-12)17-15(11-18)7-3-2-4-8-15/h5-6,9,17-18H,2-4,7-8,11H2,1H3. The van der Waals surface area contributed by atoms with Gasteiger partial charge in [0.25, 0.3) is 0 Å². The van der Waals surface area contributed by atoms with Gasteiger partial charge in [-0.3, -0.25) is 0 Å². The molecule has 0 amide bonds. The molecule has 1 aromatic rings.